The van der Waals surface area contributed by atoms with E-state index in [1.807, 2.05) is 0 Å². The van der Waals surface area contributed by atoms with E-state index in [4.69, 9.17) is 21.7 Å². The Morgan fingerprint density at radius 3 is 2.53 bits per heavy atom. The van der Waals surface area contributed by atoms with Gasteiger partial charge in [0.25, 0.3) is 9.05 Å². The maximum Gasteiger partial charge on any atom is 0.262 e. The van der Waals surface area contributed by atoms with Gasteiger partial charge in [0, 0.05) is 22.8 Å². The Bertz CT molecular complexity index is 536. The number of nitrogens with two attached hydrogens (primary N) is 1. The molecule has 0 aliphatic carbocycles. The van der Waals surface area contributed by atoms with Gasteiger partial charge in [-0.3, -0.25) is 0 Å². The molecule has 0 saturated heterocycles. The van der Waals surface area contributed by atoms with E-state index in [9.17, 15) is 12.8 Å². The van der Waals surface area contributed by atoms with Crippen molar-refractivity contribution >= 4 is 19.7 Å². The Kier molecular flexibility index (Phi) is 3.29. The van der Waals surface area contributed by atoms with Crippen LogP contribution in [0.15, 0.2) is 17.0 Å². The third kappa shape index (κ3) is 2.26. The van der Waals surface area contributed by atoms with Gasteiger partial charge in [-0.2, -0.15) is 5.26 Å². The lowest BCUT2D eigenvalue weighted by Gasteiger charge is -2.04. The molecular formula is C8H6ClFN2O2S. The van der Waals surface area contributed by atoms with Gasteiger partial charge in [-0.15, -0.1) is 0 Å². The smallest absolute Gasteiger partial charge is 0.262 e. The van der Waals surface area contributed by atoms with Gasteiger partial charge in [0.05, 0.1) is 0 Å². The summed E-state index contributed by atoms with van der Waals surface area (Å²) in [4.78, 5) is -0.540. The second-order valence-corrected chi connectivity index (χ2v) is 5.20. The van der Waals surface area contributed by atoms with Crippen LogP contribution in [0.5, 0.6) is 0 Å². The van der Waals surface area contributed by atoms with Gasteiger partial charge in [0.1, 0.15) is 22.3 Å². The van der Waals surface area contributed by atoms with Crippen LogP contribution >= 0.6 is 10.7 Å². The summed E-state index contributed by atoms with van der Waals surface area (Å²) in [5.74, 6) is -0.943. The fourth-order valence-corrected chi connectivity index (χ4v) is 2.06. The summed E-state index contributed by atoms with van der Waals surface area (Å²) >= 11 is 0. The summed E-state index contributed by atoms with van der Waals surface area (Å²) in [6.07, 6.45) is 0. The standard InChI is InChI=1S/C8H6ClFN2O2S/c9-15(13,14)7-2-1-5(3-11)8(10)6(7)4-12/h1-2H,3,11H2. The fourth-order valence-electron chi connectivity index (χ4n) is 1.07. The van der Waals surface area contributed by atoms with Crippen molar-refractivity contribution in [2.45, 2.75) is 11.4 Å². The van der Waals surface area contributed by atoms with Crippen LogP contribution in [-0.4, -0.2) is 8.42 Å². The zero-order valence-corrected chi connectivity index (χ0v) is 8.94. The van der Waals surface area contributed by atoms with Gasteiger partial charge < -0.3 is 5.73 Å². The lowest BCUT2D eigenvalue weighted by molar-refractivity contribution is 0.592. The summed E-state index contributed by atoms with van der Waals surface area (Å²) in [5, 5.41) is 8.63. The molecule has 0 spiro atoms. The highest BCUT2D eigenvalue weighted by atomic mass is 35.7. The molecule has 0 aliphatic rings. The topological polar surface area (TPSA) is 84.0 Å². The summed E-state index contributed by atoms with van der Waals surface area (Å²) in [6, 6.07) is 3.70. The molecule has 1 aromatic carbocycles. The van der Waals surface area contributed by atoms with Gasteiger partial charge in [-0.05, 0) is 6.07 Å². The van der Waals surface area contributed by atoms with Gasteiger partial charge in [0.2, 0.25) is 0 Å². The molecule has 0 atom stereocenters. The van der Waals surface area contributed by atoms with Crippen molar-refractivity contribution in [3.63, 3.8) is 0 Å². The first-order chi connectivity index (χ1) is 6.91. The van der Waals surface area contributed by atoms with Crippen LogP contribution in [0, 0.1) is 17.1 Å². The van der Waals surface area contributed by atoms with Crippen molar-refractivity contribution < 1.29 is 12.8 Å². The molecule has 0 saturated carbocycles. The minimum Gasteiger partial charge on any atom is -0.326 e. The van der Waals surface area contributed by atoms with Crippen molar-refractivity contribution in [3.05, 3.63) is 29.1 Å². The van der Waals surface area contributed by atoms with Crippen LogP contribution in [0.25, 0.3) is 0 Å². The lowest BCUT2D eigenvalue weighted by Crippen LogP contribution is -2.05. The number of benzene rings is 1. The zero-order chi connectivity index (χ0) is 11.6. The molecular weight excluding hydrogens is 243 g/mol. The van der Waals surface area contributed by atoms with E-state index < -0.39 is 25.3 Å². The highest BCUT2D eigenvalue weighted by Gasteiger charge is 2.20. The molecule has 0 heterocycles. The average Bonchev–Trinajstić information content (AvgIpc) is 2.15. The molecule has 0 fully saturated rings. The van der Waals surface area contributed by atoms with E-state index in [1.54, 1.807) is 0 Å². The first-order valence-corrected chi connectivity index (χ1v) is 6.09. The normalized spacial score (nSPS) is 11.1. The predicted octanol–water partition coefficient (Wildman–Crippen LogP) is 1.08. The lowest BCUT2D eigenvalue weighted by atomic mass is 10.1. The summed E-state index contributed by atoms with van der Waals surface area (Å²) in [5.41, 5.74) is 4.66. The Labute approximate surface area is 90.5 Å². The number of nitrogens with zero attached hydrogens (tertiary/aromatic N) is 1. The quantitative estimate of drug-likeness (QED) is 0.794. The van der Waals surface area contributed by atoms with Crippen LogP contribution in [0.2, 0.25) is 0 Å². The third-order valence-electron chi connectivity index (χ3n) is 1.78. The fraction of sp³-hybridized carbons (Fsp3) is 0.125. The minimum atomic E-state index is -4.12. The molecule has 1 rings (SSSR count). The molecule has 0 unspecified atom stereocenters. The second-order valence-electron chi connectivity index (χ2n) is 2.67. The molecule has 0 amide bonds. The van der Waals surface area contributed by atoms with Gasteiger partial charge >= 0.3 is 0 Å². The molecule has 0 aromatic heterocycles. The summed E-state index contributed by atoms with van der Waals surface area (Å²) in [7, 11) is 0.909. The van der Waals surface area contributed by atoms with E-state index in [0.29, 0.717) is 0 Å². The predicted molar refractivity (Wildman–Crippen MR) is 52.0 cm³/mol. The van der Waals surface area contributed by atoms with E-state index in [-0.39, 0.29) is 12.1 Å². The molecule has 0 bridgehead atoms. The SMILES string of the molecule is N#Cc1c(S(=O)(=O)Cl)ccc(CN)c1F. The van der Waals surface area contributed by atoms with E-state index >= 15 is 0 Å². The highest BCUT2D eigenvalue weighted by Crippen LogP contribution is 2.23. The minimum absolute atomic E-state index is 0.0654. The maximum absolute atomic E-state index is 13.4. The van der Waals surface area contributed by atoms with Crippen LogP contribution in [0.3, 0.4) is 0 Å². The first-order valence-electron chi connectivity index (χ1n) is 3.78. The molecule has 7 heteroatoms. The summed E-state index contributed by atoms with van der Waals surface area (Å²) < 4.78 is 35.4. The molecule has 0 aliphatic heterocycles. The van der Waals surface area contributed by atoms with Crippen LogP contribution in [0.4, 0.5) is 4.39 Å². The first kappa shape index (κ1) is 11.9. The molecule has 1 aromatic rings. The third-order valence-corrected chi connectivity index (χ3v) is 3.14. The largest absolute Gasteiger partial charge is 0.326 e. The van der Waals surface area contributed by atoms with Crippen molar-refractivity contribution in [1.82, 2.24) is 0 Å². The highest BCUT2D eigenvalue weighted by molar-refractivity contribution is 8.13. The maximum atomic E-state index is 13.4. The molecule has 2 N–H and O–H groups in total. The Balaban J connectivity index is 3.61. The van der Waals surface area contributed by atoms with Crippen LogP contribution in [0.1, 0.15) is 11.1 Å². The monoisotopic (exact) mass is 248 g/mol. The van der Waals surface area contributed by atoms with Crippen molar-refractivity contribution in [1.29, 1.82) is 5.26 Å². The Morgan fingerprint density at radius 2 is 2.13 bits per heavy atom. The van der Waals surface area contributed by atoms with E-state index in [1.165, 1.54) is 12.1 Å². The van der Waals surface area contributed by atoms with E-state index in [0.717, 1.165) is 6.07 Å². The van der Waals surface area contributed by atoms with Gasteiger partial charge in [0.15, 0.2) is 0 Å². The average molecular weight is 249 g/mol. The van der Waals surface area contributed by atoms with Crippen molar-refractivity contribution in [3.8, 4) is 6.07 Å². The summed E-state index contributed by atoms with van der Waals surface area (Å²) in [6.45, 7) is -0.122. The van der Waals surface area contributed by atoms with Crippen LogP contribution < -0.4 is 5.73 Å². The Morgan fingerprint density at radius 1 is 1.53 bits per heavy atom. The number of halogens is 2. The molecule has 80 valence electrons. The number of hydrogen-bond donors (Lipinski definition) is 1. The van der Waals surface area contributed by atoms with Crippen LogP contribution in [-0.2, 0) is 15.6 Å². The second kappa shape index (κ2) is 4.14. The molecule has 4 nitrogen and oxygen atoms in total. The number of nitriles is 1. The van der Waals surface area contributed by atoms with Gasteiger partial charge in [-0.25, -0.2) is 12.8 Å². The van der Waals surface area contributed by atoms with Crippen molar-refractivity contribution in [2.24, 2.45) is 5.73 Å². The number of rotatable bonds is 2. The van der Waals surface area contributed by atoms with Gasteiger partial charge in [-0.1, -0.05) is 6.07 Å². The molecule has 15 heavy (non-hydrogen) atoms. The van der Waals surface area contributed by atoms with Crippen molar-refractivity contribution in [2.75, 3.05) is 0 Å². The Hall–Kier alpha value is -1.16. The zero-order valence-electron chi connectivity index (χ0n) is 7.37. The van der Waals surface area contributed by atoms with E-state index in [2.05, 4.69) is 0 Å². The number of hydrogen-bond acceptors (Lipinski definition) is 4. The molecule has 0 radical (unpaired) electrons.